The van der Waals surface area contributed by atoms with Crippen LogP contribution in [0.25, 0.3) is 0 Å². The van der Waals surface area contributed by atoms with Crippen molar-refractivity contribution >= 4 is 15.9 Å². The highest BCUT2D eigenvalue weighted by Gasteiger charge is 2.19. The molecular weight excluding hydrogens is 311 g/mol. The summed E-state index contributed by atoms with van der Waals surface area (Å²) in [5, 5.41) is 10.3. The standard InChI is InChI=1S/C15H14BrFO2/c1-19-14-8-4-7-12(17)15(14)13(18)9-10-5-2-3-6-11(10)16/h2-8,13,18H,9H2,1H3. The number of ether oxygens (including phenoxy) is 1. The summed E-state index contributed by atoms with van der Waals surface area (Å²) in [5.41, 5.74) is 1.11. The first-order valence-corrected chi connectivity index (χ1v) is 6.66. The molecule has 4 heteroatoms. The summed E-state index contributed by atoms with van der Waals surface area (Å²) in [7, 11) is 1.46. The molecule has 19 heavy (non-hydrogen) atoms. The Morgan fingerprint density at radius 3 is 2.63 bits per heavy atom. The van der Waals surface area contributed by atoms with Crippen molar-refractivity contribution in [2.75, 3.05) is 7.11 Å². The van der Waals surface area contributed by atoms with Crippen LogP contribution >= 0.6 is 15.9 Å². The molecule has 2 nitrogen and oxygen atoms in total. The summed E-state index contributed by atoms with van der Waals surface area (Å²) in [6.45, 7) is 0. The second-order valence-electron chi connectivity index (χ2n) is 4.17. The van der Waals surface area contributed by atoms with Crippen LogP contribution in [0.3, 0.4) is 0 Å². The van der Waals surface area contributed by atoms with Gasteiger partial charge in [-0.05, 0) is 23.8 Å². The minimum Gasteiger partial charge on any atom is -0.496 e. The van der Waals surface area contributed by atoms with Gasteiger partial charge in [0.2, 0.25) is 0 Å². The number of aliphatic hydroxyl groups excluding tert-OH is 1. The maximum absolute atomic E-state index is 13.8. The lowest BCUT2D eigenvalue weighted by molar-refractivity contribution is 0.168. The molecule has 1 unspecified atom stereocenters. The predicted molar refractivity (Wildman–Crippen MR) is 75.8 cm³/mol. The maximum Gasteiger partial charge on any atom is 0.132 e. The quantitative estimate of drug-likeness (QED) is 0.925. The van der Waals surface area contributed by atoms with Crippen molar-refractivity contribution in [1.29, 1.82) is 0 Å². The van der Waals surface area contributed by atoms with E-state index in [9.17, 15) is 9.50 Å². The zero-order valence-electron chi connectivity index (χ0n) is 10.4. The van der Waals surface area contributed by atoms with Crippen LogP contribution < -0.4 is 4.74 Å². The van der Waals surface area contributed by atoms with Crippen LogP contribution in [0, 0.1) is 5.82 Å². The Balaban J connectivity index is 2.30. The molecule has 0 amide bonds. The lowest BCUT2D eigenvalue weighted by Crippen LogP contribution is -2.07. The van der Waals surface area contributed by atoms with Crippen molar-refractivity contribution in [2.24, 2.45) is 0 Å². The van der Waals surface area contributed by atoms with Gasteiger partial charge in [0.15, 0.2) is 0 Å². The number of hydrogen-bond donors (Lipinski definition) is 1. The van der Waals surface area contributed by atoms with Crippen molar-refractivity contribution in [1.82, 2.24) is 0 Å². The van der Waals surface area contributed by atoms with Gasteiger partial charge in [0.05, 0.1) is 18.8 Å². The third-order valence-corrected chi connectivity index (χ3v) is 3.71. The molecule has 0 heterocycles. The molecule has 2 aromatic rings. The molecule has 0 radical (unpaired) electrons. The second kappa shape index (κ2) is 6.17. The van der Waals surface area contributed by atoms with Crippen LogP contribution in [0.1, 0.15) is 17.2 Å². The van der Waals surface area contributed by atoms with E-state index in [1.807, 2.05) is 24.3 Å². The highest BCUT2D eigenvalue weighted by molar-refractivity contribution is 9.10. The molecule has 0 fully saturated rings. The lowest BCUT2D eigenvalue weighted by atomic mass is 10.00. The predicted octanol–water partition coefficient (Wildman–Crippen LogP) is 3.87. The van der Waals surface area contributed by atoms with Crippen LogP contribution in [-0.2, 0) is 6.42 Å². The van der Waals surface area contributed by atoms with Gasteiger partial charge in [-0.3, -0.25) is 0 Å². The molecule has 1 N–H and O–H groups in total. The van der Waals surface area contributed by atoms with E-state index >= 15 is 0 Å². The average molecular weight is 325 g/mol. The SMILES string of the molecule is COc1cccc(F)c1C(O)Cc1ccccc1Br. The highest BCUT2D eigenvalue weighted by atomic mass is 79.9. The lowest BCUT2D eigenvalue weighted by Gasteiger charge is -2.16. The summed E-state index contributed by atoms with van der Waals surface area (Å²) >= 11 is 3.42. The third-order valence-electron chi connectivity index (χ3n) is 2.94. The number of benzene rings is 2. The fourth-order valence-corrected chi connectivity index (χ4v) is 2.44. The smallest absolute Gasteiger partial charge is 0.132 e. The van der Waals surface area contributed by atoms with E-state index in [4.69, 9.17) is 4.74 Å². The van der Waals surface area contributed by atoms with E-state index in [1.165, 1.54) is 13.2 Å². The van der Waals surface area contributed by atoms with Crippen molar-refractivity contribution in [3.63, 3.8) is 0 Å². The van der Waals surface area contributed by atoms with Crippen LogP contribution in [0.5, 0.6) is 5.75 Å². The van der Waals surface area contributed by atoms with E-state index in [0.717, 1.165) is 10.0 Å². The van der Waals surface area contributed by atoms with Gasteiger partial charge in [-0.2, -0.15) is 0 Å². The summed E-state index contributed by atoms with van der Waals surface area (Å²) < 4.78 is 19.8. The monoisotopic (exact) mass is 324 g/mol. The summed E-state index contributed by atoms with van der Waals surface area (Å²) in [6.07, 6.45) is -0.631. The average Bonchev–Trinajstić information content (AvgIpc) is 2.40. The van der Waals surface area contributed by atoms with E-state index < -0.39 is 11.9 Å². The Morgan fingerprint density at radius 2 is 1.95 bits per heavy atom. The molecular formula is C15H14BrFO2. The number of rotatable bonds is 4. The van der Waals surface area contributed by atoms with Gasteiger partial charge < -0.3 is 9.84 Å². The highest BCUT2D eigenvalue weighted by Crippen LogP contribution is 2.31. The first-order valence-electron chi connectivity index (χ1n) is 5.87. The van der Waals surface area contributed by atoms with E-state index in [2.05, 4.69) is 15.9 Å². The second-order valence-corrected chi connectivity index (χ2v) is 5.02. The van der Waals surface area contributed by atoms with Gasteiger partial charge in [0, 0.05) is 10.9 Å². The fraction of sp³-hybridized carbons (Fsp3) is 0.200. The number of hydrogen-bond acceptors (Lipinski definition) is 2. The molecule has 0 saturated carbocycles. The Morgan fingerprint density at radius 1 is 1.21 bits per heavy atom. The van der Waals surface area contributed by atoms with Gasteiger partial charge in [-0.1, -0.05) is 40.2 Å². The number of methoxy groups -OCH3 is 1. The van der Waals surface area contributed by atoms with E-state index in [-0.39, 0.29) is 5.56 Å². The zero-order valence-corrected chi connectivity index (χ0v) is 12.0. The minimum absolute atomic E-state index is 0.195. The first-order chi connectivity index (χ1) is 9.13. The van der Waals surface area contributed by atoms with Crippen LogP contribution in [0.2, 0.25) is 0 Å². The Kier molecular flexibility index (Phi) is 4.56. The van der Waals surface area contributed by atoms with Crippen LogP contribution in [0.4, 0.5) is 4.39 Å². The van der Waals surface area contributed by atoms with Gasteiger partial charge in [0.1, 0.15) is 11.6 Å². The fourth-order valence-electron chi connectivity index (χ4n) is 1.99. The largest absolute Gasteiger partial charge is 0.496 e. The van der Waals surface area contributed by atoms with E-state index in [1.54, 1.807) is 12.1 Å². The zero-order chi connectivity index (χ0) is 13.8. The van der Waals surface area contributed by atoms with Gasteiger partial charge in [0.25, 0.3) is 0 Å². The molecule has 0 spiro atoms. The van der Waals surface area contributed by atoms with Gasteiger partial charge >= 0.3 is 0 Å². The number of aliphatic hydroxyl groups is 1. The summed E-state index contributed by atoms with van der Waals surface area (Å²) in [6, 6.07) is 12.1. The molecule has 0 aromatic heterocycles. The summed E-state index contributed by atoms with van der Waals surface area (Å²) in [4.78, 5) is 0. The summed E-state index contributed by atoms with van der Waals surface area (Å²) in [5.74, 6) is -0.0987. The maximum atomic E-state index is 13.8. The molecule has 0 bridgehead atoms. The molecule has 2 aromatic carbocycles. The molecule has 0 aliphatic carbocycles. The molecule has 2 rings (SSSR count). The normalized spacial score (nSPS) is 12.2. The Bertz CT molecular complexity index is 572. The van der Waals surface area contributed by atoms with Gasteiger partial charge in [-0.25, -0.2) is 4.39 Å². The number of halogens is 2. The van der Waals surface area contributed by atoms with Gasteiger partial charge in [-0.15, -0.1) is 0 Å². The van der Waals surface area contributed by atoms with Crippen molar-refractivity contribution in [3.05, 3.63) is 63.9 Å². The first kappa shape index (κ1) is 14.0. The van der Waals surface area contributed by atoms with Crippen molar-refractivity contribution in [3.8, 4) is 5.75 Å². The molecule has 0 aliphatic rings. The Labute approximate surface area is 120 Å². The molecule has 100 valence electrons. The molecule has 1 atom stereocenters. The van der Waals surface area contributed by atoms with Crippen molar-refractivity contribution < 1.29 is 14.2 Å². The van der Waals surface area contributed by atoms with E-state index in [0.29, 0.717) is 12.2 Å². The minimum atomic E-state index is -0.949. The topological polar surface area (TPSA) is 29.5 Å². The van der Waals surface area contributed by atoms with Crippen LogP contribution in [-0.4, -0.2) is 12.2 Å². The van der Waals surface area contributed by atoms with Crippen LogP contribution in [0.15, 0.2) is 46.9 Å². The van der Waals surface area contributed by atoms with Crippen molar-refractivity contribution in [2.45, 2.75) is 12.5 Å². The molecule has 0 saturated heterocycles. The Hall–Kier alpha value is -1.39. The third kappa shape index (κ3) is 3.14. The molecule has 0 aliphatic heterocycles.